The lowest BCUT2D eigenvalue weighted by molar-refractivity contribution is -0.250. The predicted molar refractivity (Wildman–Crippen MR) is 163 cm³/mol. The van der Waals surface area contributed by atoms with E-state index in [4.69, 9.17) is 4.74 Å². The van der Waals surface area contributed by atoms with Gasteiger partial charge in [-0.2, -0.15) is 0 Å². The minimum Gasteiger partial charge on any atom is -0.481 e. The second-order valence-corrected chi connectivity index (χ2v) is 17.4. The Bertz CT molecular complexity index is 1170. The monoisotopic (exact) mass is 584 g/mol. The lowest BCUT2D eigenvalue weighted by Crippen LogP contribution is -2.67. The van der Waals surface area contributed by atoms with Crippen molar-refractivity contribution in [3.63, 3.8) is 0 Å². The van der Waals surface area contributed by atoms with Crippen molar-refractivity contribution in [3.05, 3.63) is 12.2 Å². The summed E-state index contributed by atoms with van der Waals surface area (Å²) in [6.45, 7) is 21.7. The molecule has 0 unspecified atom stereocenters. The molecule has 0 heterocycles. The molecule has 0 aromatic rings. The van der Waals surface area contributed by atoms with E-state index < -0.39 is 28.7 Å². The van der Waals surface area contributed by atoms with Crippen molar-refractivity contribution < 1.29 is 29.3 Å². The van der Waals surface area contributed by atoms with E-state index in [0.29, 0.717) is 23.7 Å². The standard InChI is InChI=1S/C36H56O6/c1-21(2)22-12-17-36(30(40)41)19-18-34(8)23(28(22)36)10-11-25-33(7)15-14-26(42-27(37)20-31(3,4)29(38)39)32(5,6)24(33)13-16-35(25,34)9/h22-26,28H,1,10-20H2,2-9H3,(H,38,39)(H,40,41)/t22-,23-,24-,25+,26+,28+,33+,34+,35-,36+/m1/s1. The van der Waals surface area contributed by atoms with E-state index in [9.17, 15) is 24.6 Å². The number of fused-ring (bicyclic) bond motifs is 7. The van der Waals surface area contributed by atoms with E-state index in [-0.39, 0.29) is 40.1 Å². The molecule has 6 heteroatoms. The molecule has 42 heavy (non-hydrogen) atoms. The fourth-order valence-corrected chi connectivity index (χ4v) is 12.3. The molecule has 10 atom stereocenters. The van der Waals surface area contributed by atoms with Crippen LogP contribution in [0.1, 0.15) is 126 Å². The summed E-state index contributed by atoms with van der Waals surface area (Å²) in [6, 6.07) is 0. The summed E-state index contributed by atoms with van der Waals surface area (Å²) in [7, 11) is 0. The smallest absolute Gasteiger partial charge is 0.309 e. The van der Waals surface area contributed by atoms with Crippen molar-refractivity contribution in [1.29, 1.82) is 0 Å². The number of ether oxygens (including phenoxy) is 1. The van der Waals surface area contributed by atoms with Crippen LogP contribution in [0.25, 0.3) is 0 Å². The zero-order chi connectivity index (χ0) is 31.3. The fraction of sp³-hybridized carbons (Fsp3) is 0.861. The number of carbonyl (C=O) groups excluding carboxylic acids is 1. The summed E-state index contributed by atoms with van der Waals surface area (Å²) in [6.07, 6.45) is 9.38. The van der Waals surface area contributed by atoms with Crippen LogP contribution in [0.3, 0.4) is 0 Å². The third kappa shape index (κ3) is 4.19. The summed E-state index contributed by atoms with van der Waals surface area (Å²) >= 11 is 0. The number of carbonyl (C=O) groups is 3. The Kier molecular flexibility index (Phi) is 7.39. The van der Waals surface area contributed by atoms with Crippen LogP contribution < -0.4 is 0 Å². The Balaban J connectivity index is 1.42. The van der Waals surface area contributed by atoms with E-state index in [1.807, 2.05) is 0 Å². The van der Waals surface area contributed by atoms with Crippen molar-refractivity contribution in [2.45, 2.75) is 132 Å². The number of carboxylic acid groups (broad SMARTS) is 2. The highest BCUT2D eigenvalue weighted by atomic mass is 16.5. The van der Waals surface area contributed by atoms with Crippen LogP contribution in [0, 0.1) is 62.1 Å². The van der Waals surface area contributed by atoms with Gasteiger partial charge in [-0.1, -0.05) is 46.8 Å². The number of carboxylic acids is 2. The normalized spacial score (nSPS) is 45.9. The highest BCUT2D eigenvalue weighted by Gasteiger charge is 2.72. The van der Waals surface area contributed by atoms with Crippen molar-refractivity contribution in [2.75, 3.05) is 0 Å². The van der Waals surface area contributed by atoms with E-state index >= 15 is 0 Å². The van der Waals surface area contributed by atoms with Crippen LogP contribution in [-0.4, -0.2) is 34.2 Å². The molecule has 0 bridgehead atoms. The molecule has 0 aromatic carbocycles. The van der Waals surface area contributed by atoms with Crippen LogP contribution in [0.5, 0.6) is 0 Å². The minimum atomic E-state index is -1.15. The van der Waals surface area contributed by atoms with Gasteiger partial charge in [0.2, 0.25) is 0 Å². The van der Waals surface area contributed by atoms with Gasteiger partial charge in [-0.05, 0) is 131 Å². The van der Waals surface area contributed by atoms with Gasteiger partial charge in [0.25, 0.3) is 0 Å². The van der Waals surface area contributed by atoms with Crippen LogP contribution in [0.4, 0.5) is 0 Å². The Hall–Kier alpha value is -1.85. The first-order valence-electron chi connectivity index (χ1n) is 16.6. The number of hydrogen-bond donors (Lipinski definition) is 2. The maximum atomic E-state index is 12.9. The Morgan fingerprint density at radius 3 is 2.10 bits per heavy atom. The van der Waals surface area contributed by atoms with Crippen LogP contribution >= 0.6 is 0 Å². The van der Waals surface area contributed by atoms with Crippen molar-refractivity contribution >= 4 is 17.9 Å². The van der Waals surface area contributed by atoms with Gasteiger partial charge in [0.1, 0.15) is 6.10 Å². The maximum absolute atomic E-state index is 12.9. The van der Waals surface area contributed by atoms with Gasteiger partial charge in [-0.25, -0.2) is 0 Å². The quantitative estimate of drug-likeness (QED) is 0.241. The zero-order valence-electron chi connectivity index (χ0n) is 27.5. The molecular formula is C36H56O6. The lowest BCUT2D eigenvalue weighted by Gasteiger charge is -2.72. The largest absolute Gasteiger partial charge is 0.481 e. The van der Waals surface area contributed by atoms with Gasteiger partial charge in [-0.15, -0.1) is 0 Å². The van der Waals surface area contributed by atoms with E-state index in [1.165, 1.54) is 0 Å². The van der Waals surface area contributed by atoms with E-state index in [2.05, 4.69) is 48.1 Å². The summed E-state index contributed by atoms with van der Waals surface area (Å²) in [4.78, 5) is 37.5. The molecule has 2 N–H and O–H groups in total. The molecule has 0 aromatic heterocycles. The topological polar surface area (TPSA) is 101 Å². The second-order valence-electron chi connectivity index (χ2n) is 17.4. The highest BCUT2D eigenvalue weighted by molar-refractivity contribution is 5.81. The molecule has 0 saturated heterocycles. The van der Waals surface area contributed by atoms with Crippen molar-refractivity contribution in [1.82, 2.24) is 0 Å². The third-order valence-corrected chi connectivity index (χ3v) is 14.9. The molecule has 5 aliphatic carbocycles. The molecule has 236 valence electrons. The number of hydrogen-bond acceptors (Lipinski definition) is 4. The molecule has 5 aliphatic rings. The van der Waals surface area contributed by atoms with Gasteiger partial charge >= 0.3 is 17.9 Å². The van der Waals surface area contributed by atoms with Gasteiger partial charge < -0.3 is 14.9 Å². The molecule has 5 saturated carbocycles. The van der Waals surface area contributed by atoms with Crippen LogP contribution in [-0.2, 0) is 19.1 Å². The minimum absolute atomic E-state index is 0.0847. The first-order valence-corrected chi connectivity index (χ1v) is 16.6. The molecule has 0 spiro atoms. The third-order valence-electron chi connectivity index (χ3n) is 14.9. The van der Waals surface area contributed by atoms with Gasteiger partial charge in [-0.3, -0.25) is 14.4 Å². The summed E-state index contributed by atoms with van der Waals surface area (Å²) in [5, 5.41) is 20.1. The summed E-state index contributed by atoms with van der Waals surface area (Å²) < 4.78 is 6.10. The van der Waals surface area contributed by atoms with Crippen molar-refractivity contribution in [3.8, 4) is 0 Å². The maximum Gasteiger partial charge on any atom is 0.309 e. The molecule has 0 aliphatic heterocycles. The SMILES string of the molecule is C=C(C)[C@H]1CC[C@]2(C(=O)O)CC[C@@]3(C)[C@H](CC[C@H]4[C@@]5(C)CC[C@H](OC(=O)CC(C)(C)C(=O)O)C(C)(C)[C@H]5CC[C@]43C)[C@H]12. The first kappa shape index (κ1) is 31.6. The molecule has 0 amide bonds. The average molecular weight is 585 g/mol. The predicted octanol–water partition coefficient (Wildman–Crippen LogP) is 8.14. The molecule has 0 radical (unpaired) electrons. The average Bonchev–Trinajstić information content (AvgIpc) is 3.27. The number of rotatable bonds is 6. The molecule has 5 rings (SSSR count). The van der Waals surface area contributed by atoms with Crippen molar-refractivity contribution in [2.24, 2.45) is 62.1 Å². The van der Waals surface area contributed by atoms with Gasteiger partial charge in [0.05, 0.1) is 17.3 Å². The zero-order valence-corrected chi connectivity index (χ0v) is 27.5. The van der Waals surface area contributed by atoms with E-state index in [0.717, 1.165) is 69.8 Å². The fourth-order valence-electron chi connectivity index (χ4n) is 12.3. The van der Waals surface area contributed by atoms with Crippen LogP contribution in [0.2, 0.25) is 0 Å². The summed E-state index contributed by atoms with van der Waals surface area (Å²) in [5.74, 6) is -0.165. The number of aliphatic carboxylic acids is 2. The molecule has 6 nitrogen and oxygen atoms in total. The van der Waals surface area contributed by atoms with Gasteiger partial charge in [0, 0.05) is 5.41 Å². The Morgan fingerprint density at radius 1 is 0.833 bits per heavy atom. The van der Waals surface area contributed by atoms with E-state index in [1.54, 1.807) is 13.8 Å². The summed E-state index contributed by atoms with van der Waals surface area (Å²) in [5.41, 5.74) is -0.477. The Morgan fingerprint density at radius 2 is 1.50 bits per heavy atom. The number of allylic oxidation sites excluding steroid dienone is 1. The van der Waals surface area contributed by atoms with Gasteiger partial charge in [0.15, 0.2) is 0 Å². The highest BCUT2D eigenvalue weighted by Crippen LogP contribution is 2.77. The first-order chi connectivity index (χ1) is 19.3. The molecule has 5 fully saturated rings. The lowest BCUT2D eigenvalue weighted by atomic mass is 9.32. The Labute approximate surface area is 253 Å². The number of esters is 1. The second kappa shape index (κ2) is 9.83. The van der Waals surface area contributed by atoms with Crippen LogP contribution in [0.15, 0.2) is 12.2 Å². The molecular weight excluding hydrogens is 528 g/mol.